The molecule has 7 atom stereocenters. The Morgan fingerprint density at radius 2 is 1.88 bits per heavy atom. The lowest BCUT2D eigenvalue weighted by molar-refractivity contribution is -0.219. The first-order valence-electron chi connectivity index (χ1n) is 12.8. The minimum absolute atomic E-state index is 0.0213. The Morgan fingerprint density at radius 3 is 2.55 bits per heavy atom. The smallest absolute Gasteiger partial charge is 0.306 e. The van der Waals surface area contributed by atoms with Crippen molar-refractivity contribution in [2.45, 2.75) is 104 Å². The van der Waals surface area contributed by atoms with Crippen LogP contribution in [-0.2, 0) is 19.1 Å². The highest BCUT2D eigenvalue weighted by Crippen LogP contribution is 2.73. The maximum atomic E-state index is 13.2. The van der Waals surface area contributed by atoms with E-state index in [1.54, 1.807) is 0 Å². The molecule has 0 unspecified atom stereocenters. The van der Waals surface area contributed by atoms with Crippen molar-refractivity contribution in [1.29, 1.82) is 0 Å². The molecule has 0 radical (unpaired) electrons. The predicted molar refractivity (Wildman–Crippen MR) is 123 cm³/mol. The van der Waals surface area contributed by atoms with Crippen LogP contribution in [0.1, 0.15) is 91.9 Å². The summed E-state index contributed by atoms with van der Waals surface area (Å²) < 4.78 is 6.03. The van der Waals surface area contributed by atoms with Crippen LogP contribution in [0.4, 0.5) is 0 Å². The fourth-order valence-corrected chi connectivity index (χ4v) is 8.76. The first kappa shape index (κ1) is 24.6. The summed E-state index contributed by atoms with van der Waals surface area (Å²) in [6.45, 7) is 7.75. The van der Waals surface area contributed by atoms with Gasteiger partial charge in [0.2, 0.25) is 5.78 Å². The highest BCUT2D eigenvalue weighted by Gasteiger charge is 2.73. The summed E-state index contributed by atoms with van der Waals surface area (Å²) >= 11 is 0. The summed E-state index contributed by atoms with van der Waals surface area (Å²) in [5.41, 5.74) is -1.49. The Labute approximate surface area is 197 Å². The van der Waals surface area contributed by atoms with Gasteiger partial charge in [-0.2, -0.15) is 0 Å². The van der Waals surface area contributed by atoms with E-state index in [9.17, 15) is 24.6 Å². The van der Waals surface area contributed by atoms with Gasteiger partial charge in [0.05, 0.1) is 6.10 Å². The fourth-order valence-electron chi connectivity index (χ4n) is 8.76. The first-order chi connectivity index (χ1) is 15.5. The summed E-state index contributed by atoms with van der Waals surface area (Å²) in [7, 11) is 0. The third-order valence-corrected chi connectivity index (χ3v) is 10.2. The Bertz CT molecular complexity index is 878. The molecule has 184 valence electrons. The maximum absolute atomic E-state index is 13.2. The van der Waals surface area contributed by atoms with Crippen LogP contribution in [0, 0.1) is 28.1 Å². The van der Waals surface area contributed by atoms with Crippen LogP contribution in [0.15, 0.2) is 11.6 Å². The number of rotatable bonds is 6. The molecule has 2 N–H and O–H groups in total. The zero-order valence-electron chi connectivity index (χ0n) is 20.6. The SMILES string of the molecule is CCCCC(=O)O[C@]1(C(=O)CO)CC[C@H]2[C@]3(C)CCC4=CC(=O)CC[C@]4(C)[C@H]3[C@@H](O)C[C@@]21C. The van der Waals surface area contributed by atoms with E-state index in [1.807, 2.05) is 19.9 Å². The summed E-state index contributed by atoms with van der Waals surface area (Å²) in [5.74, 6) is -0.615. The van der Waals surface area contributed by atoms with Gasteiger partial charge in [-0.25, -0.2) is 0 Å². The quantitative estimate of drug-likeness (QED) is 0.583. The Morgan fingerprint density at radius 1 is 1.15 bits per heavy atom. The van der Waals surface area contributed by atoms with Gasteiger partial charge in [-0.15, -0.1) is 0 Å². The number of allylic oxidation sites excluding steroid dienone is 1. The number of aliphatic hydroxyl groups is 2. The zero-order chi connectivity index (χ0) is 24.2. The molecule has 0 saturated heterocycles. The van der Waals surface area contributed by atoms with Gasteiger partial charge in [-0.05, 0) is 73.7 Å². The lowest BCUT2D eigenvalue weighted by Gasteiger charge is -2.65. The number of fused-ring (bicyclic) bond motifs is 5. The van der Waals surface area contributed by atoms with Crippen LogP contribution < -0.4 is 0 Å². The molecule has 4 aliphatic rings. The lowest BCUT2D eigenvalue weighted by atomic mass is 9.40. The average molecular weight is 461 g/mol. The van der Waals surface area contributed by atoms with Crippen LogP contribution in [0.2, 0.25) is 0 Å². The van der Waals surface area contributed by atoms with Gasteiger partial charge < -0.3 is 14.9 Å². The fraction of sp³-hybridized carbons (Fsp3) is 0.815. The summed E-state index contributed by atoms with van der Waals surface area (Å²) in [4.78, 5) is 38.1. The second kappa shape index (κ2) is 8.30. The molecule has 6 heteroatoms. The lowest BCUT2D eigenvalue weighted by Crippen LogP contribution is -2.66. The van der Waals surface area contributed by atoms with E-state index in [4.69, 9.17) is 4.74 Å². The van der Waals surface area contributed by atoms with E-state index in [-0.39, 0.29) is 34.9 Å². The van der Waals surface area contributed by atoms with Gasteiger partial charge in [0.25, 0.3) is 0 Å². The number of carbonyl (C=O) groups excluding carboxylic acids is 3. The van der Waals surface area contributed by atoms with Crippen LogP contribution in [0.3, 0.4) is 0 Å². The molecular weight excluding hydrogens is 420 g/mol. The molecular formula is C27H40O6. The second-order valence-electron chi connectivity index (χ2n) is 11.8. The molecule has 4 rings (SSSR count). The molecule has 0 amide bonds. The van der Waals surface area contributed by atoms with Crippen molar-refractivity contribution in [3.05, 3.63) is 11.6 Å². The topological polar surface area (TPSA) is 101 Å². The standard InChI is InChI=1S/C27H40O6/c1-5-6-7-22(32)33-27(21(31)16-28)13-10-20-25(3)11-8-17-14-18(29)9-12-24(17,2)23(25)19(30)15-26(20,27)4/h14,19-20,23,28,30H,5-13,15-16H2,1-4H3/t19-,20-,23+,24-,25-,26-,27-/m0/s1. The van der Waals surface area contributed by atoms with Crippen molar-refractivity contribution in [3.8, 4) is 0 Å². The van der Waals surface area contributed by atoms with Crippen LogP contribution in [-0.4, -0.2) is 46.1 Å². The van der Waals surface area contributed by atoms with Gasteiger partial charge >= 0.3 is 5.97 Å². The number of hydrogen-bond donors (Lipinski definition) is 2. The third-order valence-electron chi connectivity index (χ3n) is 10.2. The van der Waals surface area contributed by atoms with E-state index in [2.05, 4.69) is 13.8 Å². The number of carbonyl (C=O) groups is 3. The molecule has 3 saturated carbocycles. The van der Waals surface area contributed by atoms with Gasteiger partial charge in [-0.1, -0.05) is 39.7 Å². The Kier molecular flexibility index (Phi) is 6.18. The largest absolute Gasteiger partial charge is 0.450 e. The van der Waals surface area contributed by atoms with Crippen molar-refractivity contribution in [1.82, 2.24) is 0 Å². The average Bonchev–Trinajstić information content (AvgIpc) is 3.05. The molecule has 3 fully saturated rings. The van der Waals surface area contributed by atoms with E-state index in [0.717, 1.165) is 37.7 Å². The van der Waals surface area contributed by atoms with Gasteiger partial charge in [0, 0.05) is 18.3 Å². The number of Topliss-reactive ketones (excluding diaryl/α,β-unsaturated/α-hetero) is 1. The van der Waals surface area contributed by atoms with E-state index < -0.39 is 35.5 Å². The first-order valence-corrected chi connectivity index (χ1v) is 12.8. The summed E-state index contributed by atoms with van der Waals surface area (Å²) in [5, 5.41) is 21.6. The van der Waals surface area contributed by atoms with Crippen LogP contribution >= 0.6 is 0 Å². The molecule has 0 aromatic carbocycles. The number of ketones is 2. The van der Waals surface area contributed by atoms with Gasteiger partial charge in [-0.3, -0.25) is 14.4 Å². The number of ether oxygens (including phenoxy) is 1. The van der Waals surface area contributed by atoms with Crippen LogP contribution in [0.25, 0.3) is 0 Å². The van der Waals surface area contributed by atoms with E-state index in [0.29, 0.717) is 25.7 Å². The van der Waals surface area contributed by atoms with Crippen molar-refractivity contribution in [2.24, 2.45) is 28.1 Å². The molecule has 0 spiro atoms. The Balaban J connectivity index is 1.75. The number of esters is 1. The highest BCUT2D eigenvalue weighted by atomic mass is 16.6. The minimum Gasteiger partial charge on any atom is -0.450 e. The Hall–Kier alpha value is -1.53. The molecule has 0 heterocycles. The third kappa shape index (κ3) is 3.38. The second-order valence-corrected chi connectivity index (χ2v) is 11.8. The van der Waals surface area contributed by atoms with Crippen molar-refractivity contribution in [3.63, 3.8) is 0 Å². The van der Waals surface area contributed by atoms with Gasteiger partial charge in [0.1, 0.15) is 6.61 Å². The number of aliphatic hydroxyl groups excluding tert-OH is 2. The van der Waals surface area contributed by atoms with Crippen molar-refractivity contribution < 1.29 is 29.3 Å². The highest BCUT2D eigenvalue weighted by molar-refractivity contribution is 5.92. The zero-order valence-corrected chi connectivity index (χ0v) is 20.6. The molecule has 0 aromatic heterocycles. The maximum Gasteiger partial charge on any atom is 0.306 e. The van der Waals surface area contributed by atoms with Crippen molar-refractivity contribution in [2.75, 3.05) is 6.61 Å². The summed E-state index contributed by atoms with van der Waals surface area (Å²) in [6, 6.07) is 0. The predicted octanol–water partition coefficient (Wildman–Crippen LogP) is 3.91. The monoisotopic (exact) mass is 460 g/mol. The van der Waals surface area contributed by atoms with E-state index >= 15 is 0 Å². The molecule has 0 aliphatic heterocycles. The summed E-state index contributed by atoms with van der Waals surface area (Å²) in [6.07, 6.45) is 7.26. The molecule has 33 heavy (non-hydrogen) atoms. The number of unbranched alkanes of at least 4 members (excludes halogenated alkanes) is 1. The van der Waals surface area contributed by atoms with Crippen LogP contribution in [0.5, 0.6) is 0 Å². The minimum atomic E-state index is -1.40. The van der Waals surface area contributed by atoms with Gasteiger partial charge in [0.15, 0.2) is 11.4 Å². The number of hydrogen-bond acceptors (Lipinski definition) is 6. The van der Waals surface area contributed by atoms with Crippen molar-refractivity contribution >= 4 is 17.5 Å². The normalized spacial score (nSPS) is 44.4. The molecule has 0 bridgehead atoms. The van der Waals surface area contributed by atoms with E-state index in [1.165, 1.54) is 0 Å². The molecule has 4 aliphatic carbocycles. The molecule has 0 aromatic rings. The molecule has 6 nitrogen and oxygen atoms in total.